The number of nitrogens with zero attached hydrogens (tertiary/aromatic N) is 2. The first-order chi connectivity index (χ1) is 15.4. The van der Waals surface area contributed by atoms with E-state index in [1.807, 2.05) is 55.5 Å². The van der Waals surface area contributed by atoms with Crippen molar-refractivity contribution < 1.29 is 14.7 Å². The Morgan fingerprint density at radius 1 is 1.25 bits per heavy atom. The van der Waals surface area contributed by atoms with Crippen LogP contribution in [0, 0.1) is 6.92 Å². The lowest BCUT2D eigenvalue weighted by molar-refractivity contribution is -0.136. The average Bonchev–Trinajstić information content (AvgIpc) is 3.16. The maximum absolute atomic E-state index is 13.0. The minimum atomic E-state index is -0.844. The van der Waals surface area contributed by atoms with Gasteiger partial charge >= 0.3 is 5.97 Å². The van der Waals surface area contributed by atoms with Crippen LogP contribution in [0.5, 0.6) is 0 Å². The van der Waals surface area contributed by atoms with Crippen LogP contribution in [0.1, 0.15) is 33.8 Å². The number of rotatable bonds is 6. The van der Waals surface area contributed by atoms with E-state index in [4.69, 9.17) is 16.7 Å². The normalized spacial score (nSPS) is 16.1. The quantitative estimate of drug-likeness (QED) is 0.542. The number of aliphatic carboxylic acids is 1. The van der Waals surface area contributed by atoms with E-state index in [2.05, 4.69) is 15.2 Å². The van der Waals surface area contributed by atoms with Crippen LogP contribution in [0.25, 0.3) is 10.6 Å². The number of hydrogen-bond acceptors (Lipinski definition) is 5. The third-order valence-corrected chi connectivity index (χ3v) is 6.94. The lowest BCUT2D eigenvalue weighted by Crippen LogP contribution is -2.47. The highest BCUT2D eigenvalue weighted by Crippen LogP contribution is 2.29. The summed E-state index contributed by atoms with van der Waals surface area (Å²) >= 11 is 7.35. The SMILES string of the molecule is Cc1nc(-c2ccc(Cl)cc2)sc1C(=O)NC1CCCN(c2cccc(CC(=O)O)c2)C1. The summed E-state index contributed by atoms with van der Waals surface area (Å²) < 4.78 is 0. The van der Waals surface area contributed by atoms with Gasteiger partial charge in [0.15, 0.2) is 0 Å². The summed E-state index contributed by atoms with van der Waals surface area (Å²) in [6, 6.07) is 15.1. The molecule has 2 N–H and O–H groups in total. The maximum Gasteiger partial charge on any atom is 0.307 e. The summed E-state index contributed by atoms with van der Waals surface area (Å²) in [5.41, 5.74) is 3.41. The van der Waals surface area contributed by atoms with Crippen molar-refractivity contribution in [3.05, 3.63) is 69.7 Å². The second-order valence-corrected chi connectivity index (χ2v) is 9.37. The van der Waals surface area contributed by atoms with Gasteiger partial charge in [-0.25, -0.2) is 4.98 Å². The molecule has 4 rings (SSSR count). The van der Waals surface area contributed by atoms with Gasteiger partial charge in [-0.3, -0.25) is 9.59 Å². The molecule has 1 amide bonds. The second kappa shape index (κ2) is 9.71. The fourth-order valence-corrected chi connectivity index (χ4v) is 5.04. The van der Waals surface area contributed by atoms with Crippen molar-refractivity contribution in [2.75, 3.05) is 18.0 Å². The molecule has 1 fully saturated rings. The fraction of sp³-hybridized carbons (Fsp3) is 0.292. The Hall–Kier alpha value is -2.90. The first kappa shape index (κ1) is 22.3. The van der Waals surface area contributed by atoms with Crippen molar-refractivity contribution in [1.29, 1.82) is 0 Å². The largest absolute Gasteiger partial charge is 0.481 e. The molecule has 1 aliphatic rings. The van der Waals surface area contributed by atoms with Gasteiger partial charge in [0.1, 0.15) is 9.88 Å². The van der Waals surface area contributed by atoms with E-state index in [0.29, 0.717) is 22.1 Å². The van der Waals surface area contributed by atoms with Crippen molar-refractivity contribution in [3.8, 4) is 10.6 Å². The Morgan fingerprint density at radius 2 is 2.03 bits per heavy atom. The summed E-state index contributed by atoms with van der Waals surface area (Å²) in [6.45, 7) is 3.42. The molecule has 0 aliphatic carbocycles. The standard InChI is InChI=1S/C24H24ClN3O3S/c1-15-22(32-24(26-15)17-7-9-18(25)10-8-17)23(31)27-19-5-3-11-28(14-19)20-6-2-4-16(12-20)13-21(29)30/h2,4,6-10,12,19H,3,5,11,13-14H2,1H3,(H,27,31)(H,29,30). The van der Waals surface area contributed by atoms with E-state index >= 15 is 0 Å². The monoisotopic (exact) mass is 469 g/mol. The number of carbonyl (C=O) groups is 2. The molecule has 1 aliphatic heterocycles. The molecule has 3 aromatic rings. The maximum atomic E-state index is 13.0. The second-order valence-electron chi connectivity index (χ2n) is 7.94. The van der Waals surface area contributed by atoms with E-state index in [-0.39, 0.29) is 18.4 Å². The van der Waals surface area contributed by atoms with E-state index in [9.17, 15) is 9.59 Å². The number of halogens is 1. The van der Waals surface area contributed by atoms with Gasteiger partial charge in [-0.1, -0.05) is 35.9 Å². The zero-order valence-electron chi connectivity index (χ0n) is 17.7. The van der Waals surface area contributed by atoms with Gasteiger partial charge in [-0.15, -0.1) is 11.3 Å². The molecule has 8 heteroatoms. The number of carboxylic acid groups (broad SMARTS) is 1. The van der Waals surface area contributed by atoms with Gasteiger partial charge in [0, 0.05) is 35.4 Å². The number of benzene rings is 2. The summed E-state index contributed by atoms with van der Waals surface area (Å²) in [7, 11) is 0. The Morgan fingerprint density at radius 3 is 2.78 bits per heavy atom. The van der Waals surface area contributed by atoms with Crippen LogP contribution in [-0.4, -0.2) is 41.1 Å². The number of hydrogen-bond donors (Lipinski definition) is 2. The van der Waals surface area contributed by atoms with Crippen LogP contribution < -0.4 is 10.2 Å². The zero-order valence-corrected chi connectivity index (χ0v) is 19.2. The molecule has 2 aromatic carbocycles. The first-order valence-electron chi connectivity index (χ1n) is 10.5. The van der Waals surface area contributed by atoms with Crippen LogP contribution in [0.4, 0.5) is 5.69 Å². The molecule has 2 heterocycles. The van der Waals surface area contributed by atoms with Crippen LogP contribution >= 0.6 is 22.9 Å². The number of carbonyl (C=O) groups excluding carboxylic acids is 1. The number of anilines is 1. The van der Waals surface area contributed by atoms with Crippen LogP contribution in [0.3, 0.4) is 0 Å². The number of nitrogens with one attached hydrogen (secondary N) is 1. The molecule has 32 heavy (non-hydrogen) atoms. The van der Waals surface area contributed by atoms with Crippen LogP contribution in [0.2, 0.25) is 5.02 Å². The molecule has 0 bridgehead atoms. The molecule has 1 unspecified atom stereocenters. The predicted molar refractivity (Wildman–Crippen MR) is 128 cm³/mol. The summed E-state index contributed by atoms with van der Waals surface area (Å²) in [5.74, 6) is -0.949. The van der Waals surface area contributed by atoms with Crippen molar-refractivity contribution >= 4 is 40.5 Å². The van der Waals surface area contributed by atoms with Crippen molar-refractivity contribution in [3.63, 3.8) is 0 Å². The molecular formula is C24H24ClN3O3S. The van der Waals surface area contributed by atoms with Crippen molar-refractivity contribution in [2.45, 2.75) is 32.2 Å². The van der Waals surface area contributed by atoms with E-state index in [1.54, 1.807) is 0 Å². The van der Waals surface area contributed by atoms with E-state index in [0.717, 1.165) is 41.2 Å². The molecular weight excluding hydrogens is 446 g/mol. The number of thiazole rings is 1. The highest BCUT2D eigenvalue weighted by molar-refractivity contribution is 7.17. The molecule has 166 valence electrons. The van der Waals surface area contributed by atoms with Crippen molar-refractivity contribution in [2.24, 2.45) is 0 Å². The van der Waals surface area contributed by atoms with Gasteiger partial charge < -0.3 is 15.3 Å². The highest BCUT2D eigenvalue weighted by atomic mass is 35.5. The minimum absolute atomic E-state index is 0.00243. The molecule has 1 aromatic heterocycles. The zero-order chi connectivity index (χ0) is 22.7. The molecule has 0 radical (unpaired) electrons. The van der Waals surface area contributed by atoms with Crippen LogP contribution in [-0.2, 0) is 11.2 Å². The number of carboxylic acids is 1. The topological polar surface area (TPSA) is 82.5 Å². The van der Waals surface area contributed by atoms with Crippen LogP contribution in [0.15, 0.2) is 48.5 Å². The molecule has 0 saturated carbocycles. The Labute approximate surface area is 195 Å². The average molecular weight is 470 g/mol. The fourth-order valence-electron chi connectivity index (χ4n) is 3.94. The van der Waals surface area contributed by atoms with Gasteiger partial charge in [-0.2, -0.15) is 0 Å². The van der Waals surface area contributed by atoms with Gasteiger partial charge in [0.25, 0.3) is 5.91 Å². The molecule has 6 nitrogen and oxygen atoms in total. The number of piperidine rings is 1. The molecule has 1 atom stereocenters. The third-order valence-electron chi connectivity index (χ3n) is 5.48. The van der Waals surface area contributed by atoms with Crippen molar-refractivity contribution in [1.82, 2.24) is 10.3 Å². The summed E-state index contributed by atoms with van der Waals surface area (Å²) in [6.07, 6.45) is 1.85. The third kappa shape index (κ3) is 5.29. The summed E-state index contributed by atoms with van der Waals surface area (Å²) in [4.78, 5) is 31.4. The lowest BCUT2D eigenvalue weighted by atomic mass is 10.0. The molecule has 1 saturated heterocycles. The lowest BCUT2D eigenvalue weighted by Gasteiger charge is -2.35. The summed E-state index contributed by atoms with van der Waals surface area (Å²) in [5, 5.41) is 13.7. The smallest absolute Gasteiger partial charge is 0.307 e. The van der Waals surface area contributed by atoms with E-state index < -0.39 is 5.97 Å². The minimum Gasteiger partial charge on any atom is -0.481 e. The van der Waals surface area contributed by atoms with Gasteiger partial charge in [0.2, 0.25) is 0 Å². The first-order valence-corrected chi connectivity index (χ1v) is 11.7. The van der Waals surface area contributed by atoms with Gasteiger partial charge in [-0.05, 0) is 49.6 Å². The predicted octanol–water partition coefficient (Wildman–Crippen LogP) is 4.80. The number of aryl methyl sites for hydroxylation is 1. The number of aromatic nitrogens is 1. The van der Waals surface area contributed by atoms with E-state index in [1.165, 1.54) is 11.3 Å². The molecule has 0 spiro atoms. The number of amides is 1. The Balaban J connectivity index is 1.44. The Kier molecular flexibility index (Phi) is 6.77. The van der Waals surface area contributed by atoms with Gasteiger partial charge in [0.05, 0.1) is 12.1 Å². The Bertz CT molecular complexity index is 1130. The highest BCUT2D eigenvalue weighted by Gasteiger charge is 2.24.